The minimum Gasteiger partial charge on any atom is -0.147 e. The van der Waals surface area contributed by atoms with E-state index in [4.69, 9.17) is 0 Å². The van der Waals surface area contributed by atoms with Crippen LogP contribution in [0, 0.1) is 5.41 Å². The van der Waals surface area contributed by atoms with Crippen LogP contribution in [0.2, 0.25) is 0 Å². The molecule has 94 valence electrons. The van der Waals surface area contributed by atoms with E-state index in [1.807, 2.05) is 5.51 Å². The number of rotatable bonds is 2. The molecule has 1 aromatic heterocycles. The molecular formula is C14H15BrN2S. The summed E-state index contributed by atoms with van der Waals surface area (Å²) in [5.41, 5.74) is 3.66. The van der Waals surface area contributed by atoms with Gasteiger partial charge in [0.2, 0.25) is 0 Å². The van der Waals surface area contributed by atoms with E-state index in [1.54, 1.807) is 11.3 Å². The van der Waals surface area contributed by atoms with Crippen molar-refractivity contribution in [2.24, 2.45) is 5.41 Å². The van der Waals surface area contributed by atoms with E-state index in [0.29, 0.717) is 5.41 Å². The molecule has 0 saturated heterocycles. The monoisotopic (exact) mass is 322 g/mol. The van der Waals surface area contributed by atoms with Gasteiger partial charge in [-0.2, -0.15) is 0 Å². The van der Waals surface area contributed by atoms with Gasteiger partial charge in [-0.25, -0.2) is 0 Å². The maximum atomic E-state index is 4.34. The van der Waals surface area contributed by atoms with E-state index >= 15 is 0 Å². The number of hydrogen-bond donors (Lipinski definition) is 0. The quantitative estimate of drug-likeness (QED) is 0.818. The van der Waals surface area contributed by atoms with Gasteiger partial charge >= 0.3 is 0 Å². The van der Waals surface area contributed by atoms with Gasteiger partial charge in [0.25, 0.3) is 0 Å². The lowest BCUT2D eigenvalue weighted by molar-refractivity contribution is 0.0874. The Morgan fingerprint density at radius 2 is 2.06 bits per heavy atom. The molecule has 1 fully saturated rings. The van der Waals surface area contributed by atoms with Crippen molar-refractivity contribution in [1.82, 2.24) is 10.2 Å². The summed E-state index contributed by atoms with van der Waals surface area (Å²) >= 11 is 5.24. The molecule has 18 heavy (non-hydrogen) atoms. The molecule has 2 aromatic rings. The SMILES string of the molecule is CC1(C)CC(c2cccc(Br)c2)(c2nncs2)C1. The summed E-state index contributed by atoms with van der Waals surface area (Å²) in [5, 5.41) is 9.51. The van der Waals surface area contributed by atoms with Crippen LogP contribution in [0.25, 0.3) is 0 Å². The molecule has 1 aliphatic carbocycles. The van der Waals surface area contributed by atoms with E-state index in [2.05, 4.69) is 64.2 Å². The lowest BCUT2D eigenvalue weighted by Crippen LogP contribution is -2.47. The van der Waals surface area contributed by atoms with Crippen LogP contribution in [0.5, 0.6) is 0 Å². The molecule has 2 nitrogen and oxygen atoms in total. The van der Waals surface area contributed by atoms with Gasteiger partial charge in [0.05, 0.1) is 5.41 Å². The molecule has 0 aliphatic heterocycles. The average molecular weight is 323 g/mol. The Balaban J connectivity index is 2.08. The number of nitrogens with zero attached hydrogens (tertiary/aromatic N) is 2. The Morgan fingerprint density at radius 3 is 2.61 bits per heavy atom. The summed E-state index contributed by atoms with van der Waals surface area (Å²) in [4.78, 5) is 0. The molecule has 1 heterocycles. The van der Waals surface area contributed by atoms with Crippen LogP contribution in [0.1, 0.15) is 37.3 Å². The summed E-state index contributed by atoms with van der Waals surface area (Å²) in [6.07, 6.45) is 2.29. The number of hydrogen-bond acceptors (Lipinski definition) is 3. The standard InChI is InChI=1S/C14H15BrN2S/c1-13(2)7-14(8-13,12-17-16-9-18-12)10-4-3-5-11(15)6-10/h3-6,9H,7-8H2,1-2H3. The molecule has 0 radical (unpaired) electrons. The van der Waals surface area contributed by atoms with Gasteiger partial charge in [-0.05, 0) is 36.0 Å². The normalized spacial score (nSPS) is 20.4. The van der Waals surface area contributed by atoms with Gasteiger partial charge in [0.15, 0.2) is 0 Å². The van der Waals surface area contributed by atoms with Crippen LogP contribution in [0.15, 0.2) is 34.2 Å². The minimum atomic E-state index is 0.0778. The highest BCUT2D eigenvalue weighted by Gasteiger charge is 2.53. The summed E-state index contributed by atoms with van der Waals surface area (Å²) in [5.74, 6) is 0. The van der Waals surface area contributed by atoms with Gasteiger partial charge in [-0.3, -0.25) is 0 Å². The van der Waals surface area contributed by atoms with Gasteiger partial charge in [-0.1, -0.05) is 41.9 Å². The second-order valence-electron chi connectivity index (χ2n) is 5.85. The maximum Gasteiger partial charge on any atom is 0.127 e. The maximum absolute atomic E-state index is 4.34. The first-order chi connectivity index (χ1) is 8.52. The largest absolute Gasteiger partial charge is 0.147 e. The van der Waals surface area contributed by atoms with Crippen molar-refractivity contribution in [3.8, 4) is 0 Å². The first-order valence-electron chi connectivity index (χ1n) is 6.05. The van der Waals surface area contributed by atoms with Crippen molar-refractivity contribution >= 4 is 27.3 Å². The third kappa shape index (κ3) is 1.91. The second kappa shape index (κ2) is 4.14. The van der Waals surface area contributed by atoms with Crippen molar-refractivity contribution < 1.29 is 0 Å². The second-order valence-corrected chi connectivity index (χ2v) is 7.60. The number of benzene rings is 1. The lowest BCUT2D eigenvalue weighted by atomic mass is 9.52. The predicted octanol–water partition coefficient (Wildman–Crippen LogP) is 4.41. The highest BCUT2D eigenvalue weighted by molar-refractivity contribution is 9.10. The van der Waals surface area contributed by atoms with Crippen molar-refractivity contribution in [3.63, 3.8) is 0 Å². The summed E-state index contributed by atoms with van der Waals surface area (Å²) in [6.45, 7) is 4.65. The van der Waals surface area contributed by atoms with Crippen molar-refractivity contribution in [2.75, 3.05) is 0 Å². The van der Waals surface area contributed by atoms with E-state index in [-0.39, 0.29) is 5.41 Å². The summed E-state index contributed by atoms with van der Waals surface area (Å²) in [6, 6.07) is 8.60. The molecular weight excluding hydrogens is 308 g/mol. The Morgan fingerprint density at radius 1 is 1.28 bits per heavy atom. The van der Waals surface area contributed by atoms with Crippen molar-refractivity contribution in [2.45, 2.75) is 32.1 Å². The zero-order valence-electron chi connectivity index (χ0n) is 10.5. The topological polar surface area (TPSA) is 25.8 Å². The number of aromatic nitrogens is 2. The van der Waals surface area contributed by atoms with Crippen molar-refractivity contribution in [3.05, 3.63) is 44.8 Å². The van der Waals surface area contributed by atoms with Gasteiger partial charge in [-0.15, -0.1) is 21.5 Å². The Labute approximate surface area is 120 Å². The van der Waals surface area contributed by atoms with Crippen LogP contribution < -0.4 is 0 Å². The van der Waals surface area contributed by atoms with Gasteiger partial charge in [0.1, 0.15) is 10.5 Å². The van der Waals surface area contributed by atoms with Gasteiger partial charge in [0, 0.05) is 4.47 Å². The summed E-state index contributed by atoms with van der Waals surface area (Å²) < 4.78 is 1.13. The average Bonchev–Trinajstić information content (AvgIpc) is 2.78. The van der Waals surface area contributed by atoms with Crippen LogP contribution in [-0.4, -0.2) is 10.2 Å². The van der Waals surface area contributed by atoms with Crippen LogP contribution >= 0.6 is 27.3 Å². The molecule has 3 rings (SSSR count). The molecule has 1 aromatic carbocycles. The summed E-state index contributed by atoms with van der Waals surface area (Å²) in [7, 11) is 0. The Kier molecular flexibility index (Phi) is 2.83. The molecule has 4 heteroatoms. The third-order valence-electron chi connectivity index (χ3n) is 3.71. The molecule has 0 amide bonds. The van der Waals surface area contributed by atoms with Gasteiger partial charge < -0.3 is 0 Å². The minimum absolute atomic E-state index is 0.0778. The molecule has 0 unspecified atom stereocenters. The molecule has 0 N–H and O–H groups in total. The molecule has 0 bridgehead atoms. The van der Waals surface area contributed by atoms with Crippen LogP contribution in [0.3, 0.4) is 0 Å². The Bertz CT molecular complexity index is 555. The zero-order chi connectivity index (χ0) is 12.8. The van der Waals surface area contributed by atoms with E-state index in [9.17, 15) is 0 Å². The smallest absolute Gasteiger partial charge is 0.127 e. The highest BCUT2D eigenvalue weighted by atomic mass is 79.9. The third-order valence-corrected chi connectivity index (χ3v) is 5.10. The number of halogens is 1. The van der Waals surface area contributed by atoms with Crippen molar-refractivity contribution in [1.29, 1.82) is 0 Å². The first-order valence-corrected chi connectivity index (χ1v) is 7.72. The molecule has 1 aliphatic rings. The molecule has 0 atom stereocenters. The lowest BCUT2D eigenvalue weighted by Gasteiger charge is -2.52. The fourth-order valence-electron chi connectivity index (χ4n) is 3.23. The van der Waals surface area contributed by atoms with E-state index in [0.717, 1.165) is 22.3 Å². The van der Waals surface area contributed by atoms with Crippen LogP contribution in [0.4, 0.5) is 0 Å². The fourth-order valence-corrected chi connectivity index (χ4v) is 4.40. The van der Waals surface area contributed by atoms with E-state index < -0.39 is 0 Å². The highest BCUT2D eigenvalue weighted by Crippen LogP contribution is 2.59. The zero-order valence-corrected chi connectivity index (χ0v) is 12.9. The predicted molar refractivity (Wildman–Crippen MR) is 77.8 cm³/mol. The fraction of sp³-hybridized carbons (Fsp3) is 0.429. The molecule has 1 saturated carbocycles. The van der Waals surface area contributed by atoms with E-state index in [1.165, 1.54) is 5.56 Å². The molecule has 0 spiro atoms. The van der Waals surface area contributed by atoms with Crippen LogP contribution in [-0.2, 0) is 5.41 Å². The Hall–Kier alpha value is -0.740. The first kappa shape index (κ1) is 12.3.